The van der Waals surface area contributed by atoms with E-state index in [-0.39, 0.29) is 5.78 Å². The molecular weight excluding hydrogens is 326 g/mol. The maximum absolute atomic E-state index is 11.7. The molecule has 1 aliphatic rings. The predicted octanol–water partition coefficient (Wildman–Crippen LogP) is 3.85. The number of carbonyl (C=O) groups is 1. The monoisotopic (exact) mass is 349 g/mol. The molecule has 2 aromatic rings. The summed E-state index contributed by atoms with van der Waals surface area (Å²) in [6.45, 7) is 3.24. The van der Waals surface area contributed by atoms with Crippen molar-refractivity contribution >= 4 is 17.2 Å². The highest BCUT2D eigenvalue weighted by molar-refractivity contribution is 5.95. The minimum atomic E-state index is 0.0188. The molecule has 5 nitrogen and oxygen atoms in total. The average molecular weight is 349 g/mol. The first kappa shape index (κ1) is 17.8. The number of nitrogens with one attached hydrogen (secondary N) is 1. The maximum atomic E-state index is 11.7. The molecule has 0 radical (unpaired) electrons. The molecule has 0 bridgehead atoms. The van der Waals surface area contributed by atoms with Gasteiger partial charge in [0.2, 0.25) is 0 Å². The van der Waals surface area contributed by atoms with Crippen LogP contribution in [-0.2, 0) is 0 Å². The third-order valence-corrected chi connectivity index (χ3v) is 4.80. The summed E-state index contributed by atoms with van der Waals surface area (Å²) >= 11 is 0. The minimum absolute atomic E-state index is 0.0188. The van der Waals surface area contributed by atoms with E-state index in [2.05, 4.69) is 16.3 Å². The lowest BCUT2D eigenvalue weighted by Gasteiger charge is -2.35. The Bertz CT molecular complexity index is 833. The Labute approximate surface area is 154 Å². The molecule has 2 aromatic carbocycles. The fourth-order valence-electron chi connectivity index (χ4n) is 3.32. The van der Waals surface area contributed by atoms with E-state index >= 15 is 0 Å². The van der Waals surface area contributed by atoms with Gasteiger partial charge in [0.15, 0.2) is 5.78 Å². The predicted molar refractivity (Wildman–Crippen MR) is 103 cm³/mol. The Morgan fingerprint density at radius 1 is 1.23 bits per heavy atom. The van der Waals surface area contributed by atoms with Gasteiger partial charge in [-0.25, -0.2) is 0 Å². The molecule has 1 N–H and O–H groups in total. The van der Waals surface area contributed by atoms with Crippen molar-refractivity contribution in [3.63, 3.8) is 0 Å². The van der Waals surface area contributed by atoms with Gasteiger partial charge in [0.25, 0.3) is 0 Å². The standard InChI is InChI=1S/C21H23N3O2/c1-15(25)16-6-7-17(14-22)21(12-16)24-10-8-18(9-11-24)23-19-4-3-5-20(13-19)26-2/h3-7,12-13,18,23H,8-11H2,1-2H3. The summed E-state index contributed by atoms with van der Waals surface area (Å²) in [6, 6.07) is 15.9. The van der Waals surface area contributed by atoms with Crippen molar-refractivity contribution in [3.05, 3.63) is 53.6 Å². The van der Waals surface area contributed by atoms with Gasteiger partial charge in [0.05, 0.1) is 18.4 Å². The first-order chi connectivity index (χ1) is 12.6. The van der Waals surface area contributed by atoms with Crippen molar-refractivity contribution in [1.29, 1.82) is 5.26 Å². The van der Waals surface area contributed by atoms with Crippen LogP contribution in [0.1, 0.15) is 35.7 Å². The zero-order valence-electron chi connectivity index (χ0n) is 15.2. The third-order valence-electron chi connectivity index (χ3n) is 4.80. The minimum Gasteiger partial charge on any atom is -0.497 e. The molecule has 1 aliphatic heterocycles. The molecule has 3 rings (SSSR count). The first-order valence-electron chi connectivity index (χ1n) is 8.81. The Morgan fingerprint density at radius 3 is 2.65 bits per heavy atom. The Hall–Kier alpha value is -3.00. The number of benzene rings is 2. The summed E-state index contributed by atoms with van der Waals surface area (Å²) in [6.07, 6.45) is 1.93. The van der Waals surface area contributed by atoms with Crippen LogP contribution in [0.2, 0.25) is 0 Å². The van der Waals surface area contributed by atoms with E-state index in [1.54, 1.807) is 26.2 Å². The number of carbonyl (C=O) groups excluding carboxylic acids is 1. The number of nitrogens with zero attached hydrogens (tertiary/aromatic N) is 2. The summed E-state index contributed by atoms with van der Waals surface area (Å²) in [5, 5.41) is 12.9. The first-order valence-corrected chi connectivity index (χ1v) is 8.81. The lowest BCUT2D eigenvalue weighted by molar-refractivity contribution is 0.101. The van der Waals surface area contributed by atoms with E-state index in [0.717, 1.165) is 43.1 Å². The number of hydrogen-bond donors (Lipinski definition) is 1. The summed E-state index contributed by atoms with van der Waals surface area (Å²) in [7, 11) is 1.67. The second-order valence-electron chi connectivity index (χ2n) is 6.54. The van der Waals surface area contributed by atoms with Gasteiger partial charge >= 0.3 is 0 Å². The largest absolute Gasteiger partial charge is 0.497 e. The van der Waals surface area contributed by atoms with Crippen molar-refractivity contribution in [3.8, 4) is 11.8 Å². The normalized spacial score (nSPS) is 14.6. The van der Waals surface area contributed by atoms with Gasteiger partial charge in [0.1, 0.15) is 11.8 Å². The molecule has 1 heterocycles. The van der Waals surface area contributed by atoms with Gasteiger partial charge < -0.3 is 15.0 Å². The van der Waals surface area contributed by atoms with Gasteiger partial charge in [-0.2, -0.15) is 5.26 Å². The molecule has 1 saturated heterocycles. The van der Waals surface area contributed by atoms with Gasteiger partial charge in [-0.15, -0.1) is 0 Å². The summed E-state index contributed by atoms with van der Waals surface area (Å²) in [5.41, 5.74) is 3.18. The average Bonchev–Trinajstić information content (AvgIpc) is 2.68. The topological polar surface area (TPSA) is 65.4 Å². The molecule has 0 saturated carbocycles. The highest BCUT2D eigenvalue weighted by Gasteiger charge is 2.22. The van der Waals surface area contributed by atoms with Crippen molar-refractivity contribution in [2.45, 2.75) is 25.8 Å². The maximum Gasteiger partial charge on any atom is 0.159 e. The van der Waals surface area contributed by atoms with Crippen LogP contribution in [0.4, 0.5) is 11.4 Å². The highest BCUT2D eigenvalue weighted by Crippen LogP contribution is 2.27. The molecule has 5 heteroatoms. The number of ether oxygens (including phenoxy) is 1. The number of ketones is 1. The number of piperidine rings is 1. The molecule has 0 unspecified atom stereocenters. The molecule has 0 aliphatic carbocycles. The second kappa shape index (κ2) is 7.92. The number of methoxy groups -OCH3 is 1. The van der Waals surface area contributed by atoms with Crippen molar-refractivity contribution in [1.82, 2.24) is 0 Å². The van der Waals surface area contributed by atoms with Gasteiger partial charge in [-0.05, 0) is 50.1 Å². The number of Topliss-reactive ketones (excluding diaryl/α,β-unsaturated/α-hetero) is 1. The van der Waals surface area contributed by atoms with Crippen LogP contribution >= 0.6 is 0 Å². The van der Waals surface area contributed by atoms with Gasteiger partial charge in [0, 0.05) is 36.4 Å². The molecule has 0 spiro atoms. The van der Waals surface area contributed by atoms with Crippen LogP contribution < -0.4 is 15.0 Å². The number of rotatable bonds is 5. The van der Waals surface area contributed by atoms with E-state index in [9.17, 15) is 10.1 Å². The third kappa shape index (κ3) is 3.97. The molecule has 0 atom stereocenters. The second-order valence-corrected chi connectivity index (χ2v) is 6.54. The lowest BCUT2D eigenvalue weighted by Crippen LogP contribution is -2.39. The Balaban J connectivity index is 1.67. The van der Waals surface area contributed by atoms with Crippen molar-refractivity contribution in [2.24, 2.45) is 0 Å². The van der Waals surface area contributed by atoms with E-state index in [0.29, 0.717) is 17.2 Å². The van der Waals surface area contributed by atoms with E-state index in [1.165, 1.54) is 0 Å². The van der Waals surface area contributed by atoms with Crippen LogP contribution in [0, 0.1) is 11.3 Å². The molecule has 0 amide bonds. The van der Waals surface area contributed by atoms with Crippen molar-refractivity contribution in [2.75, 3.05) is 30.4 Å². The number of anilines is 2. The van der Waals surface area contributed by atoms with E-state index < -0.39 is 0 Å². The van der Waals surface area contributed by atoms with Crippen LogP contribution in [0.15, 0.2) is 42.5 Å². The molecular formula is C21H23N3O2. The van der Waals surface area contributed by atoms with Crippen LogP contribution in [0.25, 0.3) is 0 Å². The van der Waals surface area contributed by atoms with Crippen LogP contribution in [0.3, 0.4) is 0 Å². The Kier molecular flexibility index (Phi) is 5.43. The molecule has 0 aromatic heterocycles. The van der Waals surface area contributed by atoms with Crippen molar-refractivity contribution < 1.29 is 9.53 Å². The summed E-state index contributed by atoms with van der Waals surface area (Å²) in [4.78, 5) is 13.9. The molecule has 26 heavy (non-hydrogen) atoms. The van der Waals surface area contributed by atoms with E-state index in [4.69, 9.17) is 4.74 Å². The number of nitriles is 1. The fraction of sp³-hybridized carbons (Fsp3) is 0.333. The smallest absolute Gasteiger partial charge is 0.159 e. The van der Waals surface area contributed by atoms with E-state index in [1.807, 2.05) is 30.3 Å². The summed E-state index contributed by atoms with van der Waals surface area (Å²) in [5.74, 6) is 0.859. The number of hydrogen-bond acceptors (Lipinski definition) is 5. The fourth-order valence-corrected chi connectivity index (χ4v) is 3.32. The zero-order valence-corrected chi connectivity index (χ0v) is 15.2. The van der Waals surface area contributed by atoms with Gasteiger partial charge in [-0.3, -0.25) is 4.79 Å². The van der Waals surface area contributed by atoms with Crippen LogP contribution in [-0.4, -0.2) is 32.0 Å². The highest BCUT2D eigenvalue weighted by atomic mass is 16.5. The lowest BCUT2D eigenvalue weighted by atomic mass is 10.0. The molecule has 1 fully saturated rings. The van der Waals surface area contributed by atoms with Crippen LogP contribution in [0.5, 0.6) is 5.75 Å². The SMILES string of the molecule is COc1cccc(NC2CCN(c3cc(C(C)=O)ccc3C#N)CC2)c1. The molecule has 134 valence electrons. The quantitative estimate of drug-likeness (QED) is 0.831. The van der Waals surface area contributed by atoms with Gasteiger partial charge in [-0.1, -0.05) is 6.07 Å². The summed E-state index contributed by atoms with van der Waals surface area (Å²) < 4.78 is 5.27. The zero-order chi connectivity index (χ0) is 18.5. The Morgan fingerprint density at radius 2 is 2.00 bits per heavy atom.